The van der Waals surface area contributed by atoms with Gasteiger partial charge in [0.2, 0.25) is 5.91 Å². The number of amides is 1. The van der Waals surface area contributed by atoms with Crippen LogP contribution in [-0.4, -0.2) is 17.0 Å². The molecule has 4 heteroatoms. The Labute approximate surface area is 125 Å². The van der Waals surface area contributed by atoms with Crippen LogP contribution in [0.2, 0.25) is 0 Å². The molecule has 0 radical (unpaired) electrons. The van der Waals surface area contributed by atoms with Gasteiger partial charge >= 0.3 is 5.97 Å². The minimum atomic E-state index is -0.778. The lowest BCUT2D eigenvalue weighted by Crippen LogP contribution is -2.36. The van der Waals surface area contributed by atoms with Gasteiger partial charge < -0.3 is 10.4 Å². The standard InChI is InChI=1S/C17H23NO3/c1-11-6-3-4-9-15(11)12(2)18-16(19)13-7-5-8-14(10-13)17(20)21/h3-4,6,9,12-14H,5,7-8,10H2,1-2H3,(H,18,19)(H,20,21)/t12-,13+,14-/m0/s1. The molecule has 2 N–H and O–H groups in total. The molecule has 3 atom stereocenters. The Kier molecular flexibility index (Phi) is 4.99. The van der Waals surface area contributed by atoms with Crippen molar-refractivity contribution in [2.45, 2.75) is 45.6 Å². The fourth-order valence-electron chi connectivity index (χ4n) is 3.13. The van der Waals surface area contributed by atoms with E-state index < -0.39 is 5.97 Å². The molecule has 1 saturated carbocycles. The van der Waals surface area contributed by atoms with E-state index in [0.717, 1.165) is 24.0 Å². The average Bonchev–Trinajstić information content (AvgIpc) is 2.47. The fourth-order valence-corrected chi connectivity index (χ4v) is 3.13. The maximum Gasteiger partial charge on any atom is 0.306 e. The van der Waals surface area contributed by atoms with Crippen LogP contribution >= 0.6 is 0 Å². The first-order valence-electron chi connectivity index (χ1n) is 7.57. The molecule has 1 aliphatic carbocycles. The molecule has 114 valence electrons. The molecule has 1 fully saturated rings. The Morgan fingerprint density at radius 1 is 1.24 bits per heavy atom. The molecule has 0 spiro atoms. The number of carbonyl (C=O) groups is 2. The number of hydrogen-bond donors (Lipinski definition) is 2. The molecule has 0 saturated heterocycles. The van der Waals surface area contributed by atoms with E-state index in [1.54, 1.807) is 0 Å². The maximum atomic E-state index is 12.4. The lowest BCUT2D eigenvalue weighted by Gasteiger charge is -2.27. The number of nitrogens with one attached hydrogen (secondary N) is 1. The first kappa shape index (κ1) is 15.5. The predicted molar refractivity (Wildman–Crippen MR) is 80.8 cm³/mol. The summed E-state index contributed by atoms with van der Waals surface area (Å²) in [6.45, 7) is 4.00. The largest absolute Gasteiger partial charge is 0.481 e. The third-order valence-corrected chi connectivity index (χ3v) is 4.41. The van der Waals surface area contributed by atoms with Crippen molar-refractivity contribution >= 4 is 11.9 Å². The summed E-state index contributed by atoms with van der Waals surface area (Å²) in [7, 11) is 0. The molecule has 1 amide bonds. The molecule has 1 aliphatic rings. The van der Waals surface area contributed by atoms with Crippen LogP contribution in [0, 0.1) is 18.8 Å². The lowest BCUT2D eigenvalue weighted by atomic mass is 9.81. The Morgan fingerprint density at radius 3 is 2.57 bits per heavy atom. The first-order chi connectivity index (χ1) is 9.99. The van der Waals surface area contributed by atoms with Gasteiger partial charge in [-0.3, -0.25) is 9.59 Å². The number of benzene rings is 1. The van der Waals surface area contributed by atoms with Crippen LogP contribution in [0.1, 0.15) is 49.8 Å². The number of carbonyl (C=O) groups excluding carboxylic acids is 1. The number of carboxylic acid groups (broad SMARTS) is 1. The van der Waals surface area contributed by atoms with E-state index in [4.69, 9.17) is 5.11 Å². The summed E-state index contributed by atoms with van der Waals surface area (Å²) in [6, 6.07) is 7.93. The summed E-state index contributed by atoms with van der Waals surface area (Å²) in [5.74, 6) is -1.34. The normalized spacial score (nSPS) is 23.3. The van der Waals surface area contributed by atoms with Gasteiger partial charge in [0.05, 0.1) is 12.0 Å². The second kappa shape index (κ2) is 6.74. The highest BCUT2D eigenvalue weighted by Gasteiger charge is 2.31. The number of aryl methyl sites for hydroxylation is 1. The first-order valence-corrected chi connectivity index (χ1v) is 7.57. The second-order valence-electron chi connectivity index (χ2n) is 5.99. The molecular formula is C17H23NO3. The Balaban J connectivity index is 1.98. The summed E-state index contributed by atoms with van der Waals surface area (Å²) in [4.78, 5) is 23.4. The topological polar surface area (TPSA) is 66.4 Å². The zero-order valence-corrected chi connectivity index (χ0v) is 12.6. The molecule has 0 aliphatic heterocycles. The molecule has 1 aromatic carbocycles. The third kappa shape index (κ3) is 3.84. The van der Waals surface area contributed by atoms with Crippen molar-refractivity contribution in [2.75, 3.05) is 0 Å². The molecule has 21 heavy (non-hydrogen) atoms. The van der Waals surface area contributed by atoms with Crippen LogP contribution < -0.4 is 5.32 Å². The van der Waals surface area contributed by atoms with Crippen molar-refractivity contribution < 1.29 is 14.7 Å². The van der Waals surface area contributed by atoms with E-state index >= 15 is 0 Å². The van der Waals surface area contributed by atoms with E-state index in [1.807, 2.05) is 38.1 Å². The Bertz CT molecular complexity index is 527. The summed E-state index contributed by atoms with van der Waals surface area (Å²) in [6.07, 6.45) is 2.75. The van der Waals surface area contributed by atoms with Crippen LogP contribution in [0.15, 0.2) is 24.3 Å². The van der Waals surface area contributed by atoms with Crippen LogP contribution in [0.4, 0.5) is 0 Å². The minimum absolute atomic E-state index is 0.0169. The molecule has 4 nitrogen and oxygen atoms in total. The summed E-state index contributed by atoms with van der Waals surface area (Å²) < 4.78 is 0. The molecule has 0 bridgehead atoms. The monoisotopic (exact) mass is 289 g/mol. The van der Waals surface area contributed by atoms with Crippen molar-refractivity contribution in [2.24, 2.45) is 11.8 Å². The van der Waals surface area contributed by atoms with Crippen molar-refractivity contribution in [3.8, 4) is 0 Å². The van der Waals surface area contributed by atoms with Gasteiger partial charge in [-0.2, -0.15) is 0 Å². The fraction of sp³-hybridized carbons (Fsp3) is 0.529. The van der Waals surface area contributed by atoms with Crippen molar-refractivity contribution in [1.29, 1.82) is 0 Å². The van der Waals surface area contributed by atoms with Crippen molar-refractivity contribution in [3.05, 3.63) is 35.4 Å². The summed E-state index contributed by atoms with van der Waals surface area (Å²) in [5.41, 5.74) is 2.26. The molecule has 0 heterocycles. The number of rotatable bonds is 4. The van der Waals surface area contributed by atoms with Crippen LogP contribution in [0.25, 0.3) is 0 Å². The van der Waals surface area contributed by atoms with Crippen LogP contribution in [0.5, 0.6) is 0 Å². The van der Waals surface area contributed by atoms with E-state index in [2.05, 4.69) is 5.32 Å². The molecular weight excluding hydrogens is 266 g/mol. The maximum absolute atomic E-state index is 12.4. The molecule has 0 unspecified atom stereocenters. The molecule has 2 rings (SSSR count). The molecule has 0 aromatic heterocycles. The number of hydrogen-bond acceptors (Lipinski definition) is 2. The van der Waals surface area contributed by atoms with E-state index in [1.165, 1.54) is 0 Å². The van der Waals surface area contributed by atoms with Crippen molar-refractivity contribution in [1.82, 2.24) is 5.32 Å². The Morgan fingerprint density at radius 2 is 1.90 bits per heavy atom. The van der Waals surface area contributed by atoms with E-state index in [0.29, 0.717) is 12.8 Å². The van der Waals surface area contributed by atoms with Gasteiger partial charge in [0.15, 0.2) is 0 Å². The van der Waals surface area contributed by atoms with Gasteiger partial charge in [0, 0.05) is 5.92 Å². The molecule has 1 aromatic rings. The van der Waals surface area contributed by atoms with Gasteiger partial charge in [-0.25, -0.2) is 0 Å². The van der Waals surface area contributed by atoms with Crippen LogP contribution in [0.3, 0.4) is 0 Å². The highest BCUT2D eigenvalue weighted by Crippen LogP contribution is 2.30. The third-order valence-electron chi connectivity index (χ3n) is 4.41. The van der Waals surface area contributed by atoms with E-state index in [-0.39, 0.29) is 23.8 Å². The van der Waals surface area contributed by atoms with E-state index in [9.17, 15) is 9.59 Å². The SMILES string of the molecule is Cc1ccccc1[C@H](C)NC(=O)[C@@H]1CCC[C@H](C(=O)O)C1. The highest BCUT2D eigenvalue weighted by atomic mass is 16.4. The van der Waals surface area contributed by atoms with Gasteiger partial charge in [0.1, 0.15) is 0 Å². The van der Waals surface area contributed by atoms with Gasteiger partial charge in [-0.15, -0.1) is 0 Å². The lowest BCUT2D eigenvalue weighted by molar-refractivity contribution is -0.144. The average molecular weight is 289 g/mol. The predicted octanol–water partition coefficient (Wildman–Crippen LogP) is 3.06. The Hall–Kier alpha value is -1.84. The quantitative estimate of drug-likeness (QED) is 0.895. The number of carboxylic acids is 1. The van der Waals surface area contributed by atoms with Crippen LogP contribution in [-0.2, 0) is 9.59 Å². The van der Waals surface area contributed by atoms with Gasteiger partial charge in [-0.1, -0.05) is 30.7 Å². The summed E-state index contributed by atoms with van der Waals surface area (Å²) >= 11 is 0. The van der Waals surface area contributed by atoms with Crippen molar-refractivity contribution in [3.63, 3.8) is 0 Å². The summed E-state index contributed by atoms with van der Waals surface area (Å²) in [5, 5.41) is 12.1. The highest BCUT2D eigenvalue weighted by molar-refractivity contribution is 5.80. The number of aliphatic carboxylic acids is 1. The van der Waals surface area contributed by atoms with Gasteiger partial charge in [-0.05, 0) is 44.2 Å². The zero-order valence-electron chi connectivity index (χ0n) is 12.6. The smallest absolute Gasteiger partial charge is 0.306 e. The van der Waals surface area contributed by atoms with Gasteiger partial charge in [0.25, 0.3) is 0 Å². The minimum Gasteiger partial charge on any atom is -0.481 e. The second-order valence-corrected chi connectivity index (χ2v) is 5.99. The zero-order chi connectivity index (χ0) is 15.4.